The van der Waals surface area contributed by atoms with Crippen LogP contribution in [0.15, 0.2) is 23.6 Å². The third kappa shape index (κ3) is 3.88. The van der Waals surface area contributed by atoms with Crippen LogP contribution in [0.1, 0.15) is 27.9 Å². The van der Waals surface area contributed by atoms with Crippen LogP contribution in [0.3, 0.4) is 0 Å². The van der Waals surface area contributed by atoms with E-state index in [4.69, 9.17) is 0 Å². The van der Waals surface area contributed by atoms with Gasteiger partial charge in [-0.15, -0.1) is 11.3 Å². The number of aliphatic carboxylic acids is 1. The summed E-state index contributed by atoms with van der Waals surface area (Å²) < 4.78 is 13.3. The smallest absolute Gasteiger partial charge is 0.330 e. The first-order valence-corrected chi connectivity index (χ1v) is 7.44. The number of amides is 1. The number of aromatic nitrogens is 1. The van der Waals surface area contributed by atoms with E-state index in [1.165, 1.54) is 36.5 Å². The molecular weight excluding hydrogens is 307 g/mol. The number of halogens is 1. The average molecular weight is 322 g/mol. The van der Waals surface area contributed by atoms with Crippen LogP contribution < -0.4 is 5.32 Å². The van der Waals surface area contributed by atoms with Gasteiger partial charge in [-0.2, -0.15) is 0 Å². The van der Waals surface area contributed by atoms with E-state index >= 15 is 0 Å². The SMILES string of the molecule is Cc1nc(CC(=O)NC(C(=O)O)c2ccc(F)c(C)c2)cs1. The molecule has 2 rings (SSSR count). The van der Waals surface area contributed by atoms with Crippen LogP contribution in [0.5, 0.6) is 0 Å². The summed E-state index contributed by atoms with van der Waals surface area (Å²) in [5.74, 6) is -2.06. The Balaban J connectivity index is 2.13. The van der Waals surface area contributed by atoms with Gasteiger partial charge in [0.05, 0.1) is 17.1 Å². The number of hydrogen-bond donors (Lipinski definition) is 2. The lowest BCUT2D eigenvalue weighted by Crippen LogP contribution is -2.34. The number of thiazole rings is 1. The third-order valence-corrected chi connectivity index (χ3v) is 3.90. The summed E-state index contributed by atoms with van der Waals surface area (Å²) in [6, 6.07) is 2.75. The van der Waals surface area contributed by atoms with Gasteiger partial charge in [-0.05, 0) is 31.0 Å². The molecule has 2 aromatic rings. The minimum Gasteiger partial charge on any atom is -0.479 e. The fourth-order valence-corrected chi connectivity index (χ4v) is 2.61. The van der Waals surface area contributed by atoms with Gasteiger partial charge in [0.2, 0.25) is 5.91 Å². The quantitative estimate of drug-likeness (QED) is 0.886. The number of rotatable bonds is 5. The van der Waals surface area contributed by atoms with Crippen molar-refractivity contribution in [3.8, 4) is 0 Å². The molecule has 5 nitrogen and oxygen atoms in total. The summed E-state index contributed by atoms with van der Waals surface area (Å²) in [5.41, 5.74) is 1.25. The molecule has 0 bridgehead atoms. The zero-order valence-corrected chi connectivity index (χ0v) is 12.9. The molecule has 0 aliphatic carbocycles. The van der Waals surface area contributed by atoms with Crippen LogP contribution in [-0.4, -0.2) is 22.0 Å². The second kappa shape index (κ2) is 6.65. The standard InChI is InChI=1S/C15H15FN2O3S/c1-8-5-10(3-4-12(8)16)14(15(20)21)18-13(19)6-11-7-22-9(2)17-11/h3-5,7,14H,6H2,1-2H3,(H,18,19)(H,20,21). The lowest BCUT2D eigenvalue weighted by molar-refractivity contribution is -0.142. The van der Waals surface area contributed by atoms with Crippen molar-refractivity contribution < 1.29 is 19.1 Å². The molecule has 0 saturated carbocycles. The first-order valence-electron chi connectivity index (χ1n) is 6.56. The Bertz CT molecular complexity index is 715. The highest BCUT2D eigenvalue weighted by Crippen LogP contribution is 2.18. The minimum absolute atomic E-state index is 0.00823. The first kappa shape index (κ1) is 16.1. The number of nitrogens with one attached hydrogen (secondary N) is 1. The van der Waals surface area contributed by atoms with E-state index in [1.54, 1.807) is 5.38 Å². The molecule has 2 N–H and O–H groups in total. The van der Waals surface area contributed by atoms with Crippen molar-refractivity contribution in [3.05, 3.63) is 51.2 Å². The van der Waals surface area contributed by atoms with Crippen LogP contribution >= 0.6 is 11.3 Å². The average Bonchev–Trinajstić information content (AvgIpc) is 2.84. The normalized spacial score (nSPS) is 12.0. The number of hydrogen-bond acceptors (Lipinski definition) is 4. The number of aryl methyl sites for hydroxylation is 2. The second-order valence-electron chi connectivity index (χ2n) is 4.88. The summed E-state index contributed by atoms with van der Waals surface area (Å²) in [7, 11) is 0. The number of carboxylic acids is 1. The molecule has 1 atom stereocenters. The Kier molecular flexibility index (Phi) is 4.87. The first-order chi connectivity index (χ1) is 10.4. The Morgan fingerprint density at radius 3 is 2.68 bits per heavy atom. The van der Waals surface area contributed by atoms with Gasteiger partial charge in [-0.3, -0.25) is 4.79 Å². The van der Waals surface area contributed by atoms with E-state index in [2.05, 4.69) is 10.3 Å². The van der Waals surface area contributed by atoms with Gasteiger partial charge in [0, 0.05) is 5.38 Å². The fraction of sp³-hybridized carbons (Fsp3) is 0.267. The zero-order chi connectivity index (χ0) is 16.3. The van der Waals surface area contributed by atoms with Crippen molar-refractivity contribution in [2.24, 2.45) is 0 Å². The monoisotopic (exact) mass is 322 g/mol. The fourth-order valence-electron chi connectivity index (χ4n) is 2.00. The van der Waals surface area contributed by atoms with E-state index in [0.29, 0.717) is 16.8 Å². The summed E-state index contributed by atoms with van der Waals surface area (Å²) in [5, 5.41) is 14.3. The number of nitrogens with zero attached hydrogens (tertiary/aromatic N) is 1. The highest BCUT2D eigenvalue weighted by Gasteiger charge is 2.23. The highest BCUT2D eigenvalue weighted by molar-refractivity contribution is 7.09. The molecule has 1 unspecified atom stereocenters. The minimum atomic E-state index is -1.22. The van der Waals surface area contributed by atoms with E-state index < -0.39 is 23.7 Å². The van der Waals surface area contributed by atoms with Crippen LogP contribution in [0.2, 0.25) is 0 Å². The largest absolute Gasteiger partial charge is 0.479 e. The maximum Gasteiger partial charge on any atom is 0.330 e. The molecule has 1 amide bonds. The maximum absolute atomic E-state index is 13.3. The summed E-state index contributed by atoms with van der Waals surface area (Å²) >= 11 is 1.42. The topological polar surface area (TPSA) is 79.3 Å². The molecule has 0 spiro atoms. The number of carbonyl (C=O) groups is 2. The Hall–Kier alpha value is -2.28. The molecule has 0 fully saturated rings. The summed E-state index contributed by atoms with van der Waals surface area (Å²) in [4.78, 5) is 27.5. The van der Waals surface area contributed by atoms with E-state index in [9.17, 15) is 19.1 Å². The molecule has 1 aromatic carbocycles. The molecule has 0 radical (unpaired) electrons. The van der Waals surface area contributed by atoms with Gasteiger partial charge in [-0.25, -0.2) is 14.2 Å². The van der Waals surface area contributed by atoms with Crippen LogP contribution in [0, 0.1) is 19.7 Å². The molecule has 1 heterocycles. The van der Waals surface area contributed by atoms with Gasteiger partial charge < -0.3 is 10.4 Å². The van der Waals surface area contributed by atoms with Crippen molar-refractivity contribution in [1.29, 1.82) is 0 Å². The summed E-state index contributed by atoms with van der Waals surface area (Å²) in [6.45, 7) is 3.37. The van der Waals surface area contributed by atoms with Gasteiger partial charge in [0.25, 0.3) is 0 Å². The van der Waals surface area contributed by atoms with Crippen LogP contribution in [-0.2, 0) is 16.0 Å². The van der Waals surface area contributed by atoms with Crippen molar-refractivity contribution in [3.63, 3.8) is 0 Å². The number of carbonyl (C=O) groups excluding carboxylic acids is 1. The molecule has 0 aliphatic heterocycles. The lowest BCUT2D eigenvalue weighted by Gasteiger charge is -2.15. The number of carboxylic acid groups (broad SMARTS) is 1. The molecule has 7 heteroatoms. The number of benzene rings is 1. The van der Waals surface area contributed by atoms with Gasteiger partial charge >= 0.3 is 5.97 Å². The van der Waals surface area contributed by atoms with Gasteiger partial charge in [-0.1, -0.05) is 12.1 Å². The lowest BCUT2D eigenvalue weighted by atomic mass is 10.0. The van der Waals surface area contributed by atoms with Crippen LogP contribution in [0.25, 0.3) is 0 Å². The summed E-state index contributed by atoms with van der Waals surface area (Å²) in [6.07, 6.45) is 0.00823. The second-order valence-corrected chi connectivity index (χ2v) is 5.94. The predicted molar refractivity (Wildman–Crippen MR) is 80.2 cm³/mol. The Morgan fingerprint density at radius 1 is 1.41 bits per heavy atom. The van der Waals surface area contributed by atoms with Crippen molar-refractivity contribution in [2.45, 2.75) is 26.3 Å². The van der Waals surface area contributed by atoms with Gasteiger partial charge in [0.15, 0.2) is 6.04 Å². The molecule has 22 heavy (non-hydrogen) atoms. The maximum atomic E-state index is 13.3. The van der Waals surface area contributed by atoms with E-state index in [-0.39, 0.29) is 6.42 Å². The highest BCUT2D eigenvalue weighted by atomic mass is 32.1. The Labute approximate surface area is 130 Å². The molecule has 1 aromatic heterocycles. The third-order valence-electron chi connectivity index (χ3n) is 3.08. The molecule has 0 aliphatic rings. The molecule has 0 saturated heterocycles. The van der Waals surface area contributed by atoms with E-state index in [0.717, 1.165) is 5.01 Å². The van der Waals surface area contributed by atoms with Crippen molar-refractivity contribution >= 4 is 23.2 Å². The van der Waals surface area contributed by atoms with Crippen molar-refractivity contribution in [2.75, 3.05) is 0 Å². The predicted octanol–water partition coefficient (Wildman–Crippen LogP) is 2.38. The van der Waals surface area contributed by atoms with Gasteiger partial charge in [0.1, 0.15) is 5.82 Å². The molecule has 116 valence electrons. The zero-order valence-electron chi connectivity index (χ0n) is 12.1. The molecular formula is C15H15FN2O3S. The van der Waals surface area contributed by atoms with E-state index in [1.807, 2.05) is 6.92 Å². The van der Waals surface area contributed by atoms with Crippen molar-refractivity contribution in [1.82, 2.24) is 10.3 Å². The Morgan fingerprint density at radius 2 is 2.14 bits per heavy atom. The van der Waals surface area contributed by atoms with Crippen LogP contribution in [0.4, 0.5) is 4.39 Å².